The van der Waals surface area contributed by atoms with E-state index >= 15 is 0 Å². The van der Waals surface area contributed by atoms with Crippen LogP contribution in [0.1, 0.15) is 71.1 Å². The lowest BCUT2D eigenvalue weighted by Gasteiger charge is -2.31. The molecule has 0 saturated heterocycles. The minimum atomic E-state index is -0.509. The molecule has 0 heterocycles. The second kappa shape index (κ2) is 11.9. The molecule has 0 aliphatic rings. The SMILES string of the molecule is CCC(C(=O)NC(C)C)N(Cc1ccc(OC)cc1)C(=O)CCc1ccc(C(C)(C)C)cc1. The normalized spacial score (nSPS) is 12.4. The summed E-state index contributed by atoms with van der Waals surface area (Å²) in [4.78, 5) is 28.0. The van der Waals surface area contributed by atoms with E-state index in [-0.39, 0.29) is 23.3 Å². The van der Waals surface area contributed by atoms with Crippen LogP contribution >= 0.6 is 0 Å². The lowest BCUT2D eigenvalue weighted by atomic mass is 9.86. The average Bonchev–Trinajstić information content (AvgIpc) is 2.77. The lowest BCUT2D eigenvalue weighted by Crippen LogP contribution is -2.50. The smallest absolute Gasteiger partial charge is 0.243 e. The fourth-order valence-electron chi connectivity index (χ4n) is 3.79. The van der Waals surface area contributed by atoms with Crippen molar-refractivity contribution in [3.8, 4) is 5.75 Å². The van der Waals surface area contributed by atoms with Gasteiger partial charge in [0.25, 0.3) is 0 Å². The summed E-state index contributed by atoms with van der Waals surface area (Å²) in [5.41, 5.74) is 3.46. The van der Waals surface area contributed by atoms with Gasteiger partial charge in [0.15, 0.2) is 0 Å². The van der Waals surface area contributed by atoms with Gasteiger partial charge in [0.2, 0.25) is 11.8 Å². The number of ether oxygens (including phenoxy) is 1. The lowest BCUT2D eigenvalue weighted by molar-refractivity contribution is -0.141. The Morgan fingerprint density at radius 2 is 1.55 bits per heavy atom. The molecule has 5 heteroatoms. The van der Waals surface area contributed by atoms with Gasteiger partial charge < -0.3 is 15.0 Å². The molecule has 2 rings (SSSR count). The number of benzene rings is 2. The van der Waals surface area contributed by atoms with Crippen molar-refractivity contribution < 1.29 is 14.3 Å². The van der Waals surface area contributed by atoms with Crippen LogP contribution in [0.2, 0.25) is 0 Å². The summed E-state index contributed by atoms with van der Waals surface area (Å²) in [7, 11) is 1.63. The molecule has 2 aromatic carbocycles. The van der Waals surface area contributed by atoms with Crippen molar-refractivity contribution in [3.63, 3.8) is 0 Å². The van der Waals surface area contributed by atoms with Gasteiger partial charge in [-0.25, -0.2) is 0 Å². The number of hydrogen-bond acceptors (Lipinski definition) is 3. The molecule has 180 valence electrons. The second-order valence-corrected chi connectivity index (χ2v) is 9.90. The molecule has 1 unspecified atom stereocenters. The van der Waals surface area contributed by atoms with Gasteiger partial charge in [-0.3, -0.25) is 9.59 Å². The molecule has 2 aromatic rings. The monoisotopic (exact) mass is 452 g/mol. The minimum absolute atomic E-state index is 0.0172. The van der Waals surface area contributed by atoms with Crippen LogP contribution in [-0.2, 0) is 28.0 Å². The molecule has 0 spiro atoms. The van der Waals surface area contributed by atoms with Crippen molar-refractivity contribution in [2.24, 2.45) is 0 Å². The van der Waals surface area contributed by atoms with Crippen LogP contribution in [0, 0.1) is 0 Å². The zero-order valence-electron chi connectivity index (χ0n) is 21.3. The first-order valence-electron chi connectivity index (χ1n) is 11.9. The van der Waals surface area contributed by atoms with E-state index in [0.717, 1.165) is 16.9 Å². The number of aryl methyl sites for hydroxylation is 1. The summed E-state index contributed by atoms with van der Waals surface area (Å²) in [6, 6.07) is 15.6. The molecule has 0 radical (unpaired) electrons. The van der Waals surface area contributed by atoms with Crippen LogP contribution in [0.15, 0.2) is 48.5 Å². The van der Waals surface area contributed by atoms with Crippen LogP contribution in [-0.4, -0.2) is 35.9 Å². The van der Waals surface area contributed by atoms with Crippen molar-refractivity contribution in [1.82, 2.24) is 10.2 Å². The summed E-state index contributed by atoms with van der Waals surface area (Å²) < 4.78 is 5.24. The van der Waals surface area contributed by atoms with Crippen LogP contribution in [0.3, 0.4) is 0 Å². The Balaban J connectivity index is 2.19. The zero-order chi connectivity index (χ0) is 24.6. The Morgan fingerprint density at radius 1 is 0.970 bits per heavy atom. The molecule has 2 amide bonds. The molecule has 1 atom stereocenters. The third-order valence-corrected chi connectivity index (χ3v) is 5.78. The zero-order valence-corrected chi connectivity index (χ0v) is 21.3. The molecule has 0 aliphatic heterocycles. The topological polar surface area (TPSA) is 58.6 Å². The second-order valence-electron chi connectivity index (χ2n) is 9.90. The third-order valence-electron chi connectivity index (χ3n) is 5.78. The number of methoxy groups -OCH3 is 1. The molecule has 5 nitrogen and oxygen atoms in total. The highest BCUT2D eigenvalue weighted by molar-refractivity contribution is 5.87. The summed E-state index contributed by atoms with van der Waals surface area (Å²) in [6.07, 6.45) is 1.56. The Morgan fingerprint density at radius 3 is 2.03 bits per heavy atom. The maximum atomic E-state index is 13.4. The summed E-state index contributed by atoms with van der Waals surface area (Å²) in [6.45, 7) is 12.8. The number of nitrogens with one attached hydrogen (secondary N) is 1. The van der Waals surface area contributed by atoms with E-state index in [9.17, 15) is 9.59 Å². The summed E-state index contributed by atoms with van der Waals surface area (Å²) in [5, 5.41) is 2.97. The Hall–Kier alpha value is -2.82. The Bertz CT molecular complexity index is 896. The fourth-order valence-corrected chi connectivity index (χ4v) is 3.79. The number of carbonyl (C=O) groups is 2. The van der Waals surface area contributed by atoms with Gasteiger partial charge in [-0.05, 0) is 60.9 Å². The number of nitrogens with zero attached hydrogens (tertiary/aromatic N) is 1. The van der Waals surface area contributed by atoms with E-state index in [0.29, 0.717) is 25.8 Å². The van der Waals surface area contributed by atoms with E-state index in [4.69, 9.17) is 4.74 Å². The van der Waals surface area contributed by atoms with Gasteiger partial charge in [-0.15, -0.1) is 0 Å². The highest BCUT2D eigenvalue weighted by Crippen LogP contribution is 2.23. The van der Waals surface area contributed by atoms with Crippen LogP contribution in [0.25, 0.3) is 0 Å². The fraction of sp³-hybridized carbons (Fsp3) is 0.500. The van der Waals surface area contributed by atoms with Gasteiger partial charge in [-0.1, -0.05) is 64.1 Å². The predicted octanol–water partition coefficient (Wildman–Crippen LogP) is 5.26. The first-order valence-corrected chi connectivity index (χ1v) is 11.9. The minimum Gasteiger partial charge on any atom is -0.497 e. The van der Waals surface area contributed by atoms with E-state index in [1.165, 1.54) is 5.56 Å². The van der Waals surface area contributed by atoms with Crippen LogP contribution in [0.4, 0.5) is 0 Å². The number of amides is 2. The standard InChI is InChI=1S/C28H40N2O3/c1-8-25(27(32)29-20(2)3)30(19-22-11-16-24(33-7)17-12-22)26(31)18-13-21-9-14-23(15-10-21)28(4,5)6/h9-12,14-17,20,25H,8,13,18-19H2,1-7H3,(H,29,32). The highest BCUT2D eigenvalue weighted by Gasteiger charge is 2.28. The van der Waals surface area contributed by atoms with Gasteiger partial charge in [0.05, 0.1) is 7.11 Å². The molecular formula is C28H40N2O3. The van der Waals surface area contributed by atoms with Crippen molar-refractivity contribution in [3.05, 3.63) is 65.2 Å². The van der Waals surface area contributed by atoms with E-state index in [1.807, 2.05) is 45.0 Å². The summed E-state index contributed by atoms with van der Waals surface area (Å²) in [5.74, 6) is 0.639. The maximum Gasteiger partial charge on any atom is 0.243 e. The maximum absolute atomic E-state index is 13.4. The molecule has 0 fully saturated rings. The Labute approximate surface area is 199 Å². The predicted molar refractivity (Wildman–Crippen MR) is 134 cm³/mol. The van der Waals surface area contributed by atoms with Crippen LogP contribution in [0.5, 0.6) is 5.75 Å². The molecule has 1 N–H and O–H groups in total. The number of hydrogen-bond donors (Lipinski definition) is 1. The molecule has 0 aromatic heterocycles. The van der Waals surface area contributed by atoms with E-state index in [1.54, 1.807) is 12.0 Å². The van der Waals surface area contributed by atoms with Crippen molar-refractivity contribution >= 4 is 11.8 Å². The highest BCUT2D eigenvalue weighted by atomic mass is 16.5. The first-order chi connectivity index (χ1) is 15.5. The van der Waals surface area contributed by atoms with Gasteiger partial charge >= 0.3 is 0 Å². The molecule has 33 heavy (non-hydrogen) atoms. The molecule has 0 bridgehead atoms. The average molecular weight is 453 g/mol. The van der Waals surface area contributed by atoms with Gasteiger partial charge in [0.1, 0.15) is 11.8 Å². The van der Waals surface area contributed by atoms with Crippen molar-refractivity contribution in [2.75, 3.05) is 7.11 Å². The molecule has 0 aliphatic carbocycles. The quantitative estimate of drug-likeness (QED) is 0.535. The van der Waals surface area contributed by atoms with E-state index < -0.39 is 6.04 Å². The Kier molecular flexibility index (Phi) is 9.51. The first kappa shape index (κ1) is 26.4. The molecule has 0 saturated carbocycles. The summed E-state index contributed by atoms with van der Waals surface area (Å²) >= 11 is 0. The molecular weight excluding hydrogens is 412 g/mol. The number of carbonyl (C=O) groups excluding carboxylic acids is 2. The van der Waals surface area contributed by atoms with Gasteiger partial charge in [0, 0.05) is 19.0 Å². The number of rotatable bonds is 10. The third kappa shape index (κ3) is 7.92. The van der Waals surface area contributed by atoms with Crippen molar-refractivity contribution in [1.29, 1.82) is 0 Å². The largest absolute Gasteiger partial charge is 0.497 e. The van der Waals surface area contributed by atoms with Crippen LogP contribution < -0.4 is 10.1 Å². The van der Waals surface area contributed by atoms with E-state index in [2.05, 4.69) is 50.4 Å². The van der Waals surface area contributed by atoms with Gasteiger partial charge in [-0.2, -0.15) is 0 Å². The van der Waals surface area contributed by atoms with Crippen molar-refractivity contribution in [2.45, 2.75) is 84.8 Å².